The number of fused-ring (bicyclic) bond motifs is 4. The first kappa shape index (κ1) is 31.0. The van der Waals surface area contributed by atoms with Gasteiger partial charge in [-0.25, -0.2) is 9.97 Å². The van der Waals surface area contributed by atoms with E-state index < -0.39 is 88.9 Å². The topological polar surface area (TPSA) is 335 Å². The molecule has 4 aromatic rings. The molecule has 4 aromatic heterocycles. The number of ether oxygens (including phenoxy) is 2. The van der Waals surface area contributed by atoms with Gasteiger partial charge in [-0.2, -0.15) is 9.97 Å². The summed E-state index contributed by atoms with van der Waals surface area (Å²) >= 11 is 0. The second-order valence-corrected chi connectivity index (χ2v) is 13.4. The van der Waals surface area contributed by atoms with Crippen LogP contribution in [0.2, 0.25) is 0 Å². The maximum atomic E-state index is 13.1. The molecule has 0 aromatic carbocycles. The zero-order valence-corrected chi connectivity index (χ0v) is 25.1. The van der Waals surface area contributed by atoms with Crippen LogP contribution in [0.4, 0.5) is 11.9 Å². The van der Waals surface area contributed by atoms with E-state index in [0.717, 1.165) is 10.9 Å². The number of anilines is 2. The quantitative estimate of drug-likeness (QED) is 0.131. The fourth-order valence-electron chi connectivity index (χ4n) is 5.66. The molecule has 4 unspecified atom stereocenters. The fourth-order valence-corrected chi connectivity index (χ4v) is 7.62. The Balaban J connectivity index is 1.18. The van der Waals surface area contributed by atoms with Crippen molar-refractivity contribution in [3.63, 3.8) is 0 Å². The number of imidazole rings is 2. The smallest absolute Gasteiger partial charge is 0.280 e. The Bertz CT molecular complexity index is 1900. The SMILES string of the molecule is C[C@H]1C2OP(=O)([O-])OC[C@@H]3O[C@@H](n4cnc5c(=O)[nH]c(N)nc54)[C@@H](O)C3OP(=O)([O-])OC[C@@H]2O[C@H]1n1cnc2c(=O)[nH]c(N)nc21. The molecule has 0 amide bonds. The van der Waals surface area contributed by atoms with Crippen molar-refractivity contribution in [1.29, 1.82) is 0 Å². The summed E-state index contributed by atoms with van der Waals surface area (Å²) in [6.45, 7) is -0.143. The molecular formula is C21H24N10O13P2-2. The number of aliphatic hydroxyl groups is 1. The van der Waals surface area contributed by atoms with Crippen molar-refractivity contribution in [1.82, 2.24) is 39.0 Å². The molecule has 7 N–H and O–H groups in total. The van der Waals surface area contributed by atoms with Gasteiger partial charge in [0.25, 0.3) is 26.8 Å². The average Bonchev–Trinajstić information content (AvgIpc) is 3.72. The molecule has 0 aliphatic carbocycles. The summed E-state index contributed by atoms with van der Waals surface area (Å²) in [7, 11) is -10.5. The first-order valence-electron chi connectivity index (χ1n) is 13.4. The monoisotopic (exact) mass is 686 g/mol. The van der Waals surface area contributed by atoms with E-state index in [1.807, 2.05) is 0 Å². The minimum absolute atomic E-state index is 0.0115. The van der Waals surface area contributed by atoms with E-state index in [1.54, 1.807) is 0 Å². The van der Waals surface area contributed by atoms with Crippen molar-refractivity contribution < 1.29 is 51.6 Å². The highest BCUT2D eigenvalue weighted by atomic mass is 31.2. The lowest BCUT2D eigenvalue weighted by Gasteiger charge is -2.34. The number of phosphoric acid groups is 2. The van der Waals surface area contributed by atoms with Crippen LogP contribution < -0.4 is 32.4 Å². The van der Waals surface area contributed by atoms with Gasteiger partial charge in [0, 0.05) is 5.92 Å². The molecule has 7 rings (SSSR count). The molecule has 10 atom stereocenters. The number of aromatic amines is 2. The molecule has 0 saturated carbocycles. The van der Waals surface area contributed by atoms with Crippen molar-refractivity contribution >= 4 is 49.9 Å². The summed E-state index contributed by atoms with van der Waals surface area (Å²) in [6, 6.07) is 0. The molecule has 3 fully saturated rings. The van der Waals surface area contributed by atoms with E-state index in [9.17, 15) is 33.6 Å². The second-order valence-electron chi connectivity index (χ2n) is 10.7. The number of aliphatic hydroxyl groups excluding tert-OH is 1. The highest BCUT2D eigenvalue weighted by Gasteiger charge is 2.51. The summed E-state index contributed by atoms with van der Waals surface area (Å²) in [4.78, 5) is 71.1. The van der Waals surface area contributed by atoms with Crippen LogP contribution in [-0.2, 0) is 36.7 Å². The number of nitrogens with zero attached hydrogens (tertiary/aromatic N) is 6. The molecule has 25 heteroatoms. The van der Waals surface area contributed by atoms with Crippen molar-refractivity contribution in [3.8, 4) is 0 Å². The lowest BCUT2D eigenvalue weighted by atomic mass is 10.0. The molecule has 0 bridgehead atoms. The van der Waals surface area contributed by atoms with Crippen molar-refractivity contribution in [2.45, 2.75) is 49.9 Å². The molecule has 23 nitrogen and oxygen atoms in total. The molecule has 3 saturated heterocycles. The second kappa shape index (κ2) is 11.0. The normalized spacial score (nSPS) is 37.1. The number of nitrogens with two attached hydrogens (primary N) is 2. The number of aromatic nitrogens is 8. The van der Waals surface area contributed by atoms with E-state index in [0.29, 0.717) is 0 Å². The van der Waals surface area contributed by atoms with Crippen LogP contribution in [0.25, 0.3) is 22.3 Å². The van der Waals surface area contributed by atoms with Gasteiger partial charge in [-0.05, 0) is 0 Å². The summed E-state index contributed by atoms with van der Waals surface area (Å²) in [5.41, 5.74) is 9.61. The summed E-state index contributed by atoms with van der Waals surface area (Å²) in [5.74, 6) is -1.35. The Morgan fingerprint density at radius 2 is 1.30 bits per heavy atom. The van der Waals surface area contributed by atoms with Gasteiger partial charge in [0.15, 0.2) is 28.6 Å². The zero-order valence-electron chi connectivity index (χ0n) is 23.3. The Morgan fingerprint density at radius 3 is 1.85 bits per heavy atom. The molecule has 3 aliphatic heterocycles. The highest BCUT2D eigenvalue weighted by Crippen LogP contribution is 2.52. The van der Waals surface area contributed by atoms with Crippen LogP contribution >= 0.6 is 15.6 Å². The summed E-state index contributed by atoms with van der Waals surface area (Å²) in [6.07, 6.45) is -8.13. The van der Waals surface area contributed by atoms with Gasteiger partial charge in [-0.1, -0.05) is 6.92 Å². The predicted molar refractivity (Wildman–Crippen MR) is 145 cm³/mol. The number of rotatable bonds is 2. The van der Waals surface area contributed by atoms with Gasteiger partial charge < -0.3 is 53.9 Å². The highest BCUT2D eigenvalue weighted by molar-refractivity contribution is 7.46. The maximum absolute atomic E-state index is 13.1. The molecule has 46 heavy (non-hydrogen) atoms. The van der Waals surface area contributed by atoms with Crippen molar-refractivity contribution in [2.24, 2.45) is 5.92 Å². The molecule has 0 spiro atoms. The van der Waals surface area contributed by atoms with Crippen LogP contribution in [0.3, 0.4) is 0 Å². The van der Waals surface area contributed by atoms with E-state index in [-0.39, 0.29) is 34.2 Å². The van der Waals surface area contributed by atoms with Gasteiger partial charge >= 0.3 is 0 Å². The molecule has 7 heterocycles. The molecular weight excluding hydrogens is 662 g/mol. The lowest BCUT2D eigenvalue weighted by Crippen LogP contribution is -2.39. The Morgan fingerprint density at radius 1 is 0.848 bits per heavy atom. The lowest BCUT2D eigenvalue weighted by molar-refractivity contribution is -0.244. The third-order valence-electron chi connectivity index (χ3n) is 7.70. The van der Waals surface area contributed by atoms with Crippen molar-refractivity contribution in [2.75, 3.05) is 24.7 Å². The summed E-state index contributed by atoms with van der Waals surface area (Å²) in [5, 5.41) is 11.1. The van der Waals surface area contributed by atoms with Gasteiger partial charge in [-0.3, -0.25) is 37.8 Å². The summed E-state index contributed by atoms with van der Waals surface area (Å²) < 4.78 is 60.9. The standard InChI is InChI=1S/C21H26N10O13P2/c1-6-12-7(41-18(6)30-4-24-9-14(30)26-20(22)28-16(9)33)2-39-46(37,38)44-13-8(3-40-45(35,36)43-12)42-19(11(13)32)31-5-25-10-15(31)27-21(23)29-17(10)34/h4-8,11-13,18-19,32H,2-3H2,1H3,(H,35,36)(H,37,38)(H3,22,26,28,33)(H3,23,27,29,34)/p-2/t6-,7-,8-,11-,12?,13?,18+,19+/m0/s1. The van der Waals surface area contributed by atoms with E-state index >= 15 is 0 Å². The Labute approximate surface area is 254 Å². The first-order valence-corrected chi connectivity index (χ1v) is 16.3. The van der Waals surface area contributed by atoms with Crippen LogP contribution in [0.5, 0.6) is 0 Å². The fraction of sp³-hybridized carbons (Fsp3) is 0.524. The molecule has 3 aliphatic rings. The maximum Gasteiger partial charge on any atom is 0.280 e. The van der Waals surface area contributed by atoms with Gasteiger partial charge in [0.2, 0.25) is 11.9 Å². The number of nitrogens with one attached hydrogen (secondary N) is 2. The van der Waals surface area contributed by atoms with Crippen LogP contribution in [0, 0.1) is 5.92 Å². The van der Waals surface area contributed by atoms with E-state index in [2.05, 4.69) is 29.9 Å². The van der Waals surface area contributed by atoms with E-state index in [1.165, 1.54) is 17.8 Å². The largest absolute Gasteiger partial charge is 0.756 e. The van der Waals surface area contributed by atoms with E-state index in [4.69, 9.17) is 39.0 Å². The van der Waals surface area contributed by atoms with Crippen LogP contribution in [0.1, 0.15) is 19.4 Å². The Hall–Kier alpha value is -3.60. The predicted octanol–water partition coefficient (Wildman–Crippen LogP) is -3.04. The zero-order chi connectivity index (χ0) is 32.7. The van der Waals surface area contributed by atoms with Crippen LogP contribution in [0.15, 0.2) is 22.2 Å². The number of hydrogen-bond acceptors (Lipinski definition) is 19. The number of hydrogen-bond donors (Lipinski definition) is 5. The third kappa shape index (κ3) is 5.34. The molecule has 0 radical (unpaired) electrons. The van der Waals surface area contributed by atoms with Crippen LogP contribution in [-0.4, -0.2) is 87.9 Å². The van der Waals surface area contributed by atoms with Gasteiger partial charge in [0.1, 0.15) is 36.7 Å². The minimum Gasteiger partial charge on any atom is -0.756 e. The minimum atomic E-state index is -5.28. The number of H-pyrrole nitrogens is 2. The number of nitrogen functional groups attached to an aromatic ring is 2. The number of phosphoric ester groups is 2. The van der Waals surface area contributed by atoms with Crippen molar-refractivity contribution in [3.05, 3.63) is 33.4 Å². The third-order valence-corrected chi connectivity index (χ3v) is 9.64. The Kier molecular flexibility index (Phi) is 7.41. The molecule has 248 valence electrons. The first-order chi connectivity index (χ1) is 21.7. The average molecular weight is 686 g/mol. The van der Waals surface area contributed by atoms with Gasteiger partial charge in [-0.15, -0.1) is 0 Å². The van der Waals surface area contributed by atoms with Gasteiger partial charge in [0.05, 0.1) is 25.9 Å².